The lowest BCUT2D eigenvalue weighted by atomic mass is 9.87. The highest BCUT2D eigenvalue weighted by molar-refractivity contribution is 5.89. The Bertz CT molecular complexity index is 640. The van der Waals surface area contributed by atoms with Crippen LogP contribution in [0.25, 0.3) is 0 Å². The fraction of sp³-hybridized carbons (Fsp3) is 0.381. The third-order valence-corrected chi connectivity index (χ3v) is 4.13. The zero-order valence-corrected chi connectivity index (χ0v) is 14.7. The van der Waals surface area contributed by atoms with Crippen molar-refractivity contribution in [2.24, 2.45) is 5.92 Å². The predicted octanol–water partition coefficient (Wildman–Crippen LogP) is 5.14. The topological polar surface area (TPSA) is 46.5 Å². The van der Waals surface area contributed by atoms with Crippen molar-refractivity contribution in [1.29, 1.82) is 0 Å². The summed E-state index contributed by atoms with van der Waals surface area (Å²) in [7, 11) is 0. The Labute approximate surface area is 144 Å². The van der Waals surface area contributed by atoms with E-state index >= 15 is 0 Å². The molecule has 0 spiro atoms. The summed E-state index contributed by atoms with van der Waals surface area (Å²) in [6, 6.07) is 15.1. The normalized spacial score (nSPS) is 14.3. The van der Waals surface area contributed by atoms with Crippen LogP contribution in [0.15, 0.2) is 48.5 Å². The molecule has 1 saturated carbocycles. The largest absolute Gasteiger partial charge is 0.508 e. The lowest BCUT2D eigenvalue weighted by Gasteiger charge is -2.18. The van der Waals surface area contributed by atoms with E-state index in [4.69, 9.17) is 4.74 Å². The van der Waals surface area contributed by atoms with Crippen LogP contribution in [0.2, 0.25) is 0 Å². The molecule has 24 heavy (non-hydrogen) atoms. The van der Waals surface area contributed by atoms with Gasteiger partial charge in [-0.3, -0.25) is 0 Å². The first-order valence-corrected chi connectivity index (χ1v) is 8.75. The molecule has 1 fully saturated rings. The summed E-state index contributed by atoms with van der Waals surface area (Å²) in [6.45, 7) is 6.19. The lowest BCUT2D eigenvalue weighted by molar-refractivity contribution is 0.0526. The van der Waals surface area contributed by atoms with Crippen molar-refractivity contribution in [2.75, 3.05) is 6.61 Å². The summed E-state index contributed by atoms with van der Waals surface area (Å²) in [6.07, 6.45) is 2.45. The molecule has 0 bridgehead atoms. The molecule has 1 N–H and O–H groups in total. The molecule has 0 radical (unpaired) electrons. The van der Waals surface area contributed by atoms with Crippen molar-refractivity contribution in [1.82, 2.24) is 0 Å². The van der Waals surface area contributed by atoms with Crippen molar-refractivity contribution in [3.63, 3.8) is 0 Å². The molecule has 1 aliphatic rings. The average Bonchev–Trinajstić information content (AvgIpc) is 3.44. The lowest BCUT2D eigenvalue weighted by Crippen LogP contribution is -2.07. The first-order chi connectivity index (χ1) is 11.7. The maximum atomic E-state index is 11.7. The number of ether oxygens (including phenoxy) is 1. The van der Waals surface area contributed by atoms with Gasteiger partial charge in [0.1, 0.15) is 5.75 Å². The van der Waals surface area contributed by atoms with Gasteiger partial charge in [-0.1, -0.05) is 38.1 Å². The van der Waals surface area contributed by atoms with Crippen molar-refractivity contribution >= 4 is 5.97 Å². The molecule has 2 aromatic rings. The van der Waals surface area contributed by atoms with E-state index < -0.39 is 0 Å². The first-order valence-electron chi connectivity index (χ1n) is 8.75. The number of phenols is 1. The van der Waals surface area contributed by atoms with E-state index in [1.54, 1.807) is 19.1 Å². The summed E-state index contributed by atoms with van der Waals surface area (Å²) in [4.78, 5) is 11.7. The van der Waals surface area contributed by atoms with Crippen LogP contribution in [0.4, 0.5) is 0 Å². The third-order valence-electron chi connectivity index (χ3n) is 4.13. The Morgan fingerprint density at radius 2 is 1.54 bits per heavy atom. The van der Waals surface area contributed by atoms with Crippen molar-refractivity contribution < 1.29 is 14.6 Å². The Hall–Kier alpha value is -2.29. The molecule has 3 rings (SSSR count). The van der Waals surface area contributed by atoms with Crippen LogP contribution in [0.1, 0.15) is 61.0 Å². The molecule has 3 nitrogen and oxygen atoms in total. The minimum absolute atomic E-state index is 0.276. The smallest absolute Gasteiger partial charge is 0.338 e. The van der Waals surface area contributed by atoms with E-state index in [9.17, 15) is 9.90 Å². The number of hydrogen-bond donors (Lipinski definition) is 1. The maximum absolute atomic E-state index is 11.7. The minimum Gasteiger partial charge on any atom is -0.508 e. The number of aromatic hydroxyl groups is 1. The van der Waals surface area contributed by atoms with Crippen molar-refractivity contribution in [2.45, 2.75) is 39.5 Å². The zero-order chi connectivity index (χ0) is 17.5. The molecule has 1 atom stereocenters. The van der Waals surface area contributed by atoms with Gasteiger partial charge >= 0.3 is 5.97 Å². The highest BCUT2D eigenvalue weighted by atomic mass is 16.5. The summed E-state index contributed by atoms with van der Waals surface area (Å²) in [5, 5.41) is 9.46. The Balaban J connectivity index is 0.00000100. The second-order valence-corrected chi connectivity index (χ2v) is 5.75. The van der Waals surface area contributed by atoms with Gasteiger partial charge in [0.05, 0.1) is 12.2 Å². The van der Waals surface area contributed by atoms with Crippen LogP contribution in [-0.2, 0) is 4.74 Å². The number of carbonyl (C=O) groups excluding carboxylic acids is 1. The van der Waals surface area contributed by atoms with Crippen LogP contribution in [-0.4, -0.2) is 17.7 Å². The molecule has 0 amide bonds. The summed E-state index contributed by atoms with van der Waals surface area (Å²) in [5.74, 6) is 0.993. The summed E-state index contributed by atoms with van der Waals surface area (Å²) in [5.41, 5.74) is 3.01. The van der Waals surface area contributed by atoms with Gasteiger partial charge in [-0.25, -0.2) is 4.79 Å². The second-order valence-electron chi connectivity index (χ2n) is 5.75. The maximum Gasteiger partial charge on any atom is 0.338 e. The van der Waals surface area contributed by atoms with Gasteiger partial charge < -0.3 is 9.84 Å². The van der Waals surface area contributed by atoms with Gasteiger partial charge in [0.15, 0.2) is 0 Å². The number of benzene rings is 2. The molecule has 0 heterocycles. The van der Waals surface area contributed by atoms with E-state index in [1.165, 1.54) is 24.0 Å². The van der Waals surface area contributed by atoms with Crippen molar-refractivity contribution in [3.8, 4) is 5.75 Å². The fourth-order valence-electron chi connectivity index (χ4n) is 2.89. The molecule has 2 aromatic carbocycles. The number of esters is 1. The fourth-order valence-corrected chi connectivity index (χ4v) is 2.89. The Morgan fingerprint density at radius 3 is 2.00 bits per heavy atom. The van der Waals surface area contributed by atoms with E-state index in [-0.39, 0.29) is 11.7 Å². The van der Waals surface area contributed by atoms with Crippen LogP contribution >= 0.6 is 0 Å². The van der Waals surface area contributed by atoms with E-state index in [0.717, 1.165) is 0 Å². The third kappa shape index (κ3) is 4.38. The Morgan fingerprint density at radius 1 is 1.04 bits per heavy atom. The monoisotopic (exact) mass is 326 g/mol. The zero-order valence-electron chi connectivity index (χ0n) is 14.7. The van der Waals surface area contributed by atoms with Gasteiger partial charge in [0.25, 0.3) is 0 Å². The van der Waals surface area contributed by atoms with E-state index in [2.05, 4.69) is 0 Å². The first kappa shape index (κ1) is 18.1. The second kappa shape index (κ2) is 8.53. The number of rotatable bonds is 5. The van der Waals surface area contributed by atoms with Crippen LogP contribution in [0.5, 0.6) is 5.75 Å². The van der Waals surface area contributed by atoms with E-state index in [0.29, 0.717) is 24.0 Å². The van der Waals surface area contributed by atoms with Crippen molar-refractivity contribution in [3.05, 3.63) is 65.2 Å². The number of phenolic OH excluding ortho intramolecular Hbond substituents is 1. The standard InChI is InChI=1S/C19H20O3.C2H6/c1-2-22-19(21)16-7-5-14(6-8-16)18(13-3-4-13)15-9-11-17(20)12-10-15;1-2/h5-13,18,20H,2-4H2,1H3;1-2H3. The molecule has 3 heteroatoms. The van der Waals surface area contributed by atoms with Gasteiger partial charge in [-0.15, -0.1) is 0 Å². The molecular weight excluding hydrogens is 300 g/mol. The highest BCUT2D eigenvalue weighted by Crippen LogP contribution is 2.46. The molecule has 1 unspecified atom stereocenters. The summed E-state index contributed by atoms with van der Waals surface area (Å²) >= 11 is 0. The highest BCUT2D eigenvalue weighted by Gasteiger charge is 2.33. The predicted molar refractivity (Wildman–Crippen MR) is 96.4 cm³/mol. The van der Waals surface area contributed by atoms with Gasteiger partial charge in [-0.05, 0) is 61.1 Å². The van der Waals surface area contributed by atoms with Gasteiger partial charge in [-0.2, -0.15) is 0 Å². The SMILES string of the molecule is CC.CCOC(=O)c1ccc(C(c2ccc(O)cc2)C2CC2)cc1. The molecule has 0 saturated heterocycles. The van der Waals surface area contributed by atoms with Crippen LogP contribution in [0.3, 0.4) is 0 Å². The van der Waals surface area contributed by atoms with Crippen LogP contribution < -0.4 is 0 Å². The molecule has 128 valence electrons. The van der Waals surface area contributed by atoms with Crippen LogP contribution in [0, 0.1) is 5.92 Å². The Kier molecular flexibility index (Phi) is 6.42. The average molecular weight is 326 g/mol. The number of hydrogen-bond acceptors (Lipinski definition) is 3. The summed E-state index contributed by atoms with van der Waals surface area (Å²) < 4.78 is 5.02. The van der Waals surface area contributed by atoms with Gasteiger partial charge in [0.2, 0.25) is 0 Å². The van der Waals surface area contributed by atoms with Gasteiger partial charge in [0, 0.05) is 5.92 Å². The number of carbonyl (C=O) groups is 1. The quantitative estimate of drug-likeness (QED) is 0.774. The minimum atomic E-state index is -0.276. The molecule has 0 aromatic heterocycles. The van der Waals surface area contributed by atoms with E-state index in [1.807, 2.05) is 50.2 Å². The molecule has 0 aliphatic heterocycles. The molecular formula is C21H26O3. The molecule has 1 aliphatic carbocycles.